The minimum absolute atomic E-state index is 0. The zero-order valence-corrected chi connectivity index (χ0v) is 18.6. The van der Waals surface area contributed by atoms with Gasteiger partial charge in [-0.05, 0) is 51.0 Å². The molecule has 160 valence electrons. The molecule has 1 aliphatic heterocycles. The summed E-state index contributed by atoms with van der Waals surface area (Å²) in [5, 5.41) is 3.28. The van der Waals surface area contributed by atoms with Crippen molar-refractivity contribution in [3.8, 4) is 5.75 Å². The second-order valence-electron chi connectivity index (χ2n) is 6.25. The first-order valence-corrected chi connectivity index (χ1v) is 9.39. The Morgan fingerprint density at radius 1 is 1.18 bits per heavy atom. The van der Waals surface area contributed by atoms with E-state index in [0.717, 1.165) is 57.2 Å². The van der Waals surface area contributed by atoms with Crippen molar-refractivity contribution in [2.75, 3.05) is 39.4 Å². The van der Waals surface area contributed by atoms with Crippen molar-refractivity contribution < 1.29 is 22.6 Å². The molecule has 0 bridgehead atoms. The van der Waals surface area contributed by atoms with Crippen LogP contribution in [0.1, 0.15) is 32.3 Å². The minimum atomic E-state index is -4.33. The van der Waals surface area contributed by atoms with Gasteiger partial charge in [-0.25, -0.2) is 4.99 Å². The Morgan fingerprint density at radius 3 is 2.36 bits per heavy atom. The van der Waals surface area contributed by atoms with E-state index in [4.69, 9.17) is 9.47 Å². The van der Waals surface area contributed by atoms with Gasteiger partial charge in [-0.2, -0.15) is 13.2 Å². The third-order valence-electron chi connectivity index (χ3n) is 4.28. The SMILES string of the molecule is CCNC(=NCCOc1ccc(C(F)(F)F)cc1)N1CCC(OCC)CC1.I. The molecule has 5 nitrogen and oxygen atoms in total. The summed E-state index contributed by atoms with van der Waals surface area (Å²) >= 11 is 0. The normalized spacial score (nSPS) is 15.9. The first-order chi connectivity index (χ1) is 12.9. The zero-order valence-electron chi connectivity index (χ0n) is 16.3. The first kappa shape index (κ1) is 24.8. The zero-order chi connectivity index (χ0) is 19.7. The summed E-state index contributed by atoms with van der Waals surface area (Å²) in [7, 11) is 0. The number of hydrogen-bond donors (Lipinski definition) is 1. The van der Waals surface area contributed by atoms with Gasteiger partial charge in [0.05, 0.1) is 18.2 Å². The Hall–Kier alpha value is -1.23. The Morgan fingerprint density at radius 2 is 1.82 bits per heavy atom. The van der Waals surface area contributed by atoms with E-state index in [1.54, 1.807) is 0 Å². The van der Waals surface area contributed by atoms with E-state index in [0.29, 0.717) is 25.0 Å². The Bertz CT molecular complexity index is 589. The highest BCUT2D eigenvalue weighted by atomic mass is 127. The smallest absolute Gasteiger partial charge is 0.416 e. The van der Waals surface area contributed by atoms with E-state index in [1.165, 1.54) is 12.1 Å². The maximum absolute atomic E-state index is 12.6. The number of alkyl halides is 3. The van der Waals surface area contributed by atoms with Crippen LogP contribution in [0.2, 0.25) is 0 Å². The van der Waals surface area contributed by atoms with Gasteiger partial charge < -0.3 is 19.7 Å². The van der Waals surface area contributed by atoms with Gasteiger partial charge in [-0.15, -0.1) is 24.0 Å². The molecule has 1 heterocycles. The summed E-state index contributed by atoms with van der Waals surface area (Å²) in [5.41, 5.74) is -0.683. The van der Waals surface area contributed by atoms with Crippen molar-refractivity contribution >= 4 is 29.9 Å². The van der Waals surface area contributed by atoms with Gasteiger partial charge in [-0.3, -0.25) is 0 Å². The quantitative estimate of drug-likeness (QED) is 0.257. The van der Waals surface area contributed by atoms with E-state index in [2.05, 4.69) is 15.2 Å². The molecule has 1 fully saturated rings. The third kappa shape index (κ3) is 8.02. The number of hydrogen-bond acceptors (Lipinski definition) is 3. The molecule has 1 N–H and O–H groups in total. The van der Waals surface area contributed by atoms with E-state index in [9.17, 15) is 13.2 Å². The Balaban J connectivity index is 0.00000392. The topological polar surface area (TPSA) is 46.1 Å². The maximum atomic E-state index is 12.6. The van der Waals surface area contributed by atoms with Gasteiger partial charge in [0.2, 0.25) is 0 Å². The van der Waals surface area contributed by atoms with Crippen LogP contribution in [0.5, 0.6) is 5.75 Å². The molecule has 2 rings (SSSR count). The fourth-order valence-corrected chi connectivity index (χ4v) is 2.95. The molecule has 1 aromatic carbocycles. The van der Waals surface area contributed by atoms with Gasteiger partial charge in [0.1, 0.15) is 12.4 Å². The van der Waals surface area contributed by atoms with Gasteiger partial charge in [0, 0.05) is 26.2 Å². The van der Waals surface area contributed by atoms with Crippen molar-refractivity contribution in [1.29, 1.82) is 0 Å². The maximum Gasteiger partial charge on any atom is 0.416 e. The summed E-state index contributed by atoms with van der Waals surface area (Å²) in [6, 6.07) is 4.70. The summed E-state index contributed by atoms with van der Waals surface area (Å²) in [6.45, 7) is 8.02. The average molecular weight is 515 g/mol. The minimum Gasteiger partial charge on any atom is -0.492 e. The van der Waals surface area contributed by atoms with Crippen molar-refractivity contribution in [1.82, 2.24) is 10.2 Å². The van der Waals surface area contributed by atoms with E-state index < -0.39 is 11.7 Å². The largest absolute Gasteiger partial charge is 0.492 e. The van der Waals surface area contributed by atoms with Crippen LogP contribution in [-0.2, 0) is 10.9 Å². The van der Waals surface area contributed by atoms with Crippen LogP contribution in [0.3, 0.4) is 0 Å². The predicted octanol–water partition coefficient (Wildman–Crippen LogP) is 4.17. The molecule has 0 aliphatic carbocycles. The predicted molar refractivity (Wildman–Crippen MR) is 115 cm³/mol. The molecule has 0 atom stereocenters. The van der Waals surface area contributed by atoms with Crippen LogP contribution < -0.4 is 10.1 Å². The molecule has 0 saturated carbocycles. The molecule has 0 radical (unpaired) electrons. The molecule has 1 aromatic rings. The number of ether oxygens (including phenoxy) is 2. The fraction of sp³-hybridized carbons (Fsp3) is 0.632. The van der Waals surface area contributed by atoms with Crippen molar-refractivity contribution in [2.24, 2.45) is 4.99 Å². The molecule has 0 amide bonds. The number of nitrogens with zero attached hydrogens (tertiary/aromatic N) is 2. The Labute approximate surface area is 181 Å². The number of rotatable bonds is 7. The molecule has 1 saturated heterocycles. The number of aliphatic imine (C=N–C) groups is 1. The number of benzene rings is 1. The van der Waals surface area contributed by atoms with Crippen molar-refractivity contribution in [2.45, 2.75) is 39.0 Å². The number of likely N-dealkylation sites (tertiary alicyclic amines) is 1. The lowest BCUT2D eigenvalue weighted by atomic mass is 10.1. The first-order valence-electron chi connectivity index (χ1n) is 9.39. The van der Waals surface area contributed by atoms with E-state index in [-0.39, 0.29) is 24.0 Å². The number of nitrogens with one attached hydrogen (secondary N) is 1. The molecule has 9 heteroatoms. The highest BCUT2D eigenvalue weighted by Gasteiger charge is 2.30. The van der Waals surface area contributed by atoms with Crippen molar-refractivity contribution in [3.63, 3.8) is 0 Å². The standard InChI is InChI=1S/C19H28F3N3O2.HI/c1-3-23-18(25-12-9-17(10-13-25)26-4-2)24-11-14-27-16-7-5-15(6-8-16)19(20,21)22;/h5-8,17H,3-4,9-14H2,1-2H3,(H,23,24);1H. The summed E-state index contributed by atoms with van der Waals surface area (Å²) < 4.78 is 48.8. The lowest BCUT2D eigenvalue weighted by molar-refractivity contribution is -0.137. The van der Waals surface area contributed by atoms with Crippen LogP contribution in [0, 0.1) is 0 Å². The summed E-state index contributed by atoms with van der Waals surface area (Å²) in [6.07, 6.45) is -2.07. The molecular weight excluding hydrogens is 486 g/mol. The number of guanidine groups is 1. The second-order valence-corrected chi connectivity index (χ2v) is 6.25. The van der Waals surface area contributed by atoms with Gasteiger partial charge in [0.15, 0.2) is 5.96 Å². The summed E-state index contributed by atoms with van der Waals surface area (Å²) in [5.74, 6) is 1.24. The van der Waals surface area contributed by atoms with Crippen LogP contribution in [0.15, 0.2) is 29.3 Å². The van der Waals surface area contributed by atoms with Gasteiger partial charge in [-0.1, -0.05) is 0 Å². The van der Waals surface area contributed by atoms with Crippen LogP contribution in [0.4, 0.5) is 13.2 Å². The fourth-order valence-electron chi connectivity index (χ4n) is 2.95. The van der Waals surface area contributed by atoms with Crippen LogP contribution in [-0.4, -0.2) is 56.4 Å². The Kier molecular flexibility index (Phi) is 10.9. The molecule has 0 unspecified atom stereocenters. The van der Waals surface area contributed by atoms with E-state index >= 15 is 0 Å². The van der Waals surface area contributed by atoms with Crippen LogP contribution in [0.25, 0.3) is 0 Å². The molecular formula is C19H29F3IN3O2. The van der Waals surface area contributed by atoms with Crippen LogP contribution >= 0.6 is 24.0 Å². The second kappa shape index (κ2) is 12.4. The number of piperidine rings is 1. The average Bonchev–Trinajstić information content (AvgIpc) is 2.65. The molecule has 28 heavy (non-hydrogen) atoms. The third-order valence-corrected chi connectivity index (χ3v) is 4.28. The van der Waals surface area contributed by atoms with Crippen molar-refractivity contribution in [3.05, 3.63) is 29.8 Å². The molecule has 1 aliphatic rings. The monoisotopic (exact) mass is 515 g/mol. The van der Waals surface area contributed by atoms with Gasteiger partial charge >= 0.3 is 6.18 Å². The summed E-state index contributed by atoms with van der Waals surface area (Å²) in [4.78, 5) is 6.77. The number of halogens is 4. The lowest BCUT2D eigenvalue weighted by Gasteiger charge is -2.34. The van der Waals surface area contributed by atoms with E-state index in [1.807, 2.05) is 13.8 Å². The highest BCUT2D eigenvalue weighted by molar-refractivity contribution is 14.0. The molecule has 0 spiro atoms. The molecule has 0 aromatic heterocycles. The highest BCUT2D eigenvalue weighted by Crippen LogP contribution is 2.30. The lowest BCUT2D eigenvalue weighted by Crippen LogP contribution is -2.47. The van der Waals surface area contributed by atoms with Gasteiger partial charge in [0.25, 0.3) is 0 Å².